The number of allylic oxidation sites excluding steroid dienone is 8. The van der Waals surface area contributed by atoms with Gasteiger partial charge in [0.1, 0.15) is 0 Å². The molecule has 0 spiro atoms. The van der Waals surface area contributed by atoms with Crippen molar-refractivity contribution in [2.75, 3.05) is 0 Å². The predicted molar refractivity (Wildman–Crippen MR) is 83.7 cm³/mol. The summed E-state index contributed by atoms with van der Waals surface area (Å²) in [4.78, 5) is 0. The van der Waals surface area contributed by atoms with Crippen LogP contribution in [0.5, 0.6) is 0 Å². The molecule has 0 nitrogen and oxygen atoms in total. The van der Waals surface area contributed by atoms with E-state index >= 15 is 0 Å². The summed E-state index contributed by atoms with van der Waals surface area (Å²) in [5.41, 5.74) is 0. The molecule has 2 aliphatic rings. The maximum Gasteiger partial charge on any atom is 1.00 e. The zero-order chi connectivity index (χ0) is 15.8. The molecule has 0 saturated heterocycles. The van der Waals surface area contributed by atoms with Gasteiger partial charge in [-0.15, -0.1) is 0 Å². The molecule has 0 amide bonds. The molecule has 0 heterocycles. The second kappa shape index (κ2) is 16.7. The Bertz CT molecular complexity index is 285. The van der Waals surface area contributed by atoms with Crippen molar-refractivity contribution in [1.29, 1.82) is 0 Å². The van der Waals surface area contributed by atoms with Gasteiger partial charge in [0.05, 0.1) is 0 Å². The average molecular weight is 406 g/mol. The van der Waals surface area contributed by atoms with Crippen LogP contribution in [-0.2, 0) is 19.5 Å². The van der Waals surface area contributed by atoms with Gasteiger partial charge in [0.2, 0.25) is 0 Å². The molecule has 0 N–H and O–H groups in total. The summed E-state index contributed by atoms with van der Waals surface area (Å²) in [5.74, 6) is 0. The van der Waals surface area contributed by atoms with Crippen molar-refractivity contribution in [3.05, 3.63) is 48.6 Å². The zero-order valence-corrected chi connectivity index (χ0v) is 14.3. The largest absolute Gasteiger partial charge is 1.00 e. The quantitative estimate of drug-likeness (QED) is 0.313. The van der Waals surface area contributed by atoms with Gasteiger partial charge in [0.25, 0.3) is 0 Å². The van der Waals surface area contributed by atoms with Crippen LogP contribution in [0.15, 0.2) is 48.6 Å². The standard InChI is InChI=1S/2C8H12.BF4.Rh/c2*1-2-4-6-8-7-5-3-1;2-1(3,4)5;/h2*1-4H,5-8H2;;/q;;-1;+1/b2*3-1-,4-2-;;. The monoisotopic (exact) mass is 406 g/mol. The Hall–Kier alpha value is -0.632. The molecule has 6 heteroatoms. The van der Waals surface area contributed by atoms with E-state index in [1.807, 2.05) is 0 Å². The summed E-state index contributed by atoms with van der Waals surface area (Å²) in [6.45, 7) is 0. The van der Waals surface area contributed by atoms with Gasteiger partial charge in [0, 0.05) is 0 Å². The summed E-state index contributed by atoms with van der Waals surface area (Å²) >= 11 is 0. The molecule has 0 saturated carbocycles. The van der Waals surface area contributed by atoms with E-state index in [1.165, 1.54) is 51.4 Å². The van der Waals surface area contributed by atoms with Crippen molar-refractivity contribution >= 4 is 7.25 Å². The third-order valence-electron chi connectivity index (χ3n) is 2.75. The maximum atomic E-state index is 9.75. The summed E-state index contributed by atoms with van der Waals surface area (Å²) in [5, 5.41) is 0. The number of hydrogen-bond donors (Lipinski definition) is 0. The average Bonchev–Trinajstić information content (AvgIpc) is 2.24. The van der Waals surface area contributed by atoms with E-state index in [1.54, 1.807) is 0 Å². The van der Waals surface area contributed by atoms with Gasteiger partial charge < -0.3 is 17.3 Å². The third kappa shape index (κ3) is 27.7. The van der Waals surface area contributed by atoms with Crippen molar-refractivity contribution < 1.29 is 36.7 Å². The van der Waals surface area contributed by atoms with Gasteiger partial charge in [-0.1, -0.05) is 48.6 Å². The van der Waals surface area contributed by atoms with Crippen LogP contribution in [0.3, 0.4) is 0 Å². The minimum atomic E-state index is -6.00. The molecule has 0 radical (unpaired) electrons. The van der Waals surface area contributed by atoms with Crippen LogP contribution >= 0.6 is 0 Å². The summed E-state index contributed by atoms with van der Waals surface area (Å²) in [6, 6.07) is 0. The van der Waals surface area contributed by atoms with Crippen LogP contribution < -0.4 is 0 Å². The Morgan fingerprint density at radius 3 is 0.864 bits per heavy atom. The fraction of sp³-hybridized carbons (Fsp3) is 0.500. The fourth-order valence-electron chi connectivity index (χ4n) is 1.75. The molecule has 0 atom stereocenters. The van der Waals surface area contributed by atoms with Crippen molar-refractivity contribution in [1.82, 2.24) is 0 Å². The van der Waals surface area contributed by atoms with E-state index in [0.717, 1.165) is 0 Å². The molecule has 128 valence electrons. The van der Waals surface area contributed by atoms with Crippen molar-refractivity contribution in [3.8, 4) is 0 Å². The minimum absolute atomic E-state index is 0. The molecule has 22 heavy (non-hydrogen) atoms. The molecule has 0 aromatic heterocycles. The molecule has 0 fully saturated rings. The topological polar surface area (TPSA) is 0 Å². The van der Waals surface area contributed by atoms with E-state index in [9.17, 15) is 17.3 Å². The van der Waals surface area contributed by atoms with Crippen molar-refractivity contribution in [2.45, 2.75) is 51.4 Å². The van der Waals surface area contributed by atoms with Gasteiger partial charge >= 0.3 is 26.7 Å². The number of halogens is 4. The summed E-state index contributed by atoms with van der Waals surface area (Å²) < 4.78 is 39.0. The van der Waals surface area contributed by atoms with Crippen LogP contribution in [0.4, 0.5) is 17.3 Å². The minimum Gasteiger partial charge on any atom is -0.418 e. The number of rotatable bonds is 0. The smallest absolute Gasteiger partial charge is 0.418 e. The molecule has 0 aromatic carbocycles. The molecule has 2 rings (SSSR count). The summed E-state index contributed by atoms with van der Waals surface area (Å²) in [7, 11) is -6.00. The molecular formula is C16H24BF4Rh. The third-order valence-corrected chi connectivity index (χ3v) is 2.75. The Kier molecular flexibility index (Phi) is 18.0. The normalized spacial score (nSPS) is 23.1. The van der Waals surface area contributed by atoms with E-state index in [4.69, 9.17) is 0 Å². The second-order valence-electron chi connectivity index (χ2n) is 4.78. The van der Waals surface area contributed by atoms with E-state index in [2.05, 4.69) is 48.6 Å². The zero-order valence-electron chi connectivity index (χ0n) is 12.7. The maximum absolute atomic E-state index is 9.75. The number of hydrogen-bond acceptors (Lipinski definition) is 0. The summed E-state index contributed by atoms with van der Waals surface area (Å²) in [6.07, 6.45) is 28.0. The van der Waals surface area contributed by atoms with E-state index in [-0.39, 0.29) is 19.5 Å². The Balaban J connectivity index is 0. The van der Waals surface area contributed by atoms with E-state index < -0.39 is 7.25 Å². The van der Waals surface area contributed by atoms with Crippen LogP contribution in [0.1, 0.15) is 51.4 Å². The van der Waals surface area contributed by atoms with E-state index in [0.29, 0.717) is 0 Å². The van der Waals surface area contributed by atoms with Crippen LogP contribution in [0, 0.1) is 0 Å². The SMILES string of the molecule is C1=C\CCCC\C=C/1.C1=C\CCCC\C=C/1.F[B-](F)(F)F.[Rh+]. The first-order valence-electron chi connectivity index (χ1n) is 7.51. The predicted octanol–water partition coefficient (Wildman–Crippen LogP) is 6.64. The van der Waals surface area contributed by atoms with Gasteiger partial charge in [-0.3, -0.25) is 0 Å². The Labute approximate surface area is 144 Å². The van der Waals surface area contributed by atoms with Crippen LogP contribution in [0.2, 0.25) is 0 Å². The first-order valence-corrected chi connectivity index (χ1v) is 7.51. The van der Waals surface area contributed by atoms with Crippen molar-refractivity contribution in [2.24, 2.45) is 0 Å². The molecular weight excluding hydrogens is 382 g/mol. The van der Waals surface area contributed by atoms with Gasteiger partial charge in [-0.2, -0.15) is 0 Å². The Morgan fingerprint density at radius 1 is 0.500 bits per heavy atom. The van der Waals surface area contributed by atoms with Crippen LogP contribution in [0.25, 0.3) is 0 Å². The first kappa shape index (κ1) is 23.6. The van der Waals surface area contributed by atoms with Crippen molar-refractivity contribution in [3.63, 3.8) is 0 Å². The fourth-order valence-corrected chi connectivity index (χ4v) is 1.75. The molecule has 0 unspecified atom stereocenters. The van der Waals surface area contributed by atoms with Gasteiger partial charge in [-0.05, 0) is 51.4 Å². The molecule has 0 aliphatic heterocycles. The first-order chi connectivity index (χ1) is 10.0. The Morgan fingerprint density at radius 2 is 0.682 bits per heavy atom. The van der Waals surface area contributed by atoms with Crippen LogP contribution in [-0.4, -0.2) is 7.25 Å². The van der Waals surface area contributed by atoms with Gasteiger partial charge in [-0.25, -0.2) is 0 Å². The molecule has 2 aliphatic carbocycles. The second-order valence-corrected chi connectivity index (χ2v) is 4.78. The molecule has 0 aromatic rings. The van der Waals surface area contributed by atoms with Gasteiger partial charge in [0.15, 0.2) is 0 Å². The molecule has 0 bridgehead atoms.